The third-order valence-electron chi connectivity index (χ3n) is 6.45. The van der Waals surface area contributed by atoms with Crippen LogP contribution >= 0.6 is 0 Å². The second-order valence-corrected chi connectivity index (χ2v) is 10.5. The summed E-state index contributed by atoms with van der Waals surface area (Å²) in [6.45, 7) is 2.64. The topological polar surface area (TPSA) is 75.3 Å². The molecule has 0 bridgehead atoms. The Morgan fingerprint density at radius 2 is 1.73 bits per heavy atom. The molecule has 0 saturated heterocycles. The number of sulfonamides is 1. The molecule has 6 heteroatoms. The van der Waals surface area contributed by atoms with Crippen molar-refractivity contribution < 1.29 is 13.2 Å². The molecule has 2 aliphatic carbocycles. The van der Waals surface area contributed by atoms with Crippen LogP contribution in [0.4, 0.5) is 5.69 Å². The molecule has 2 aromatic rings. The minimum absolute atomic E-state index is 0.112. The van der Waals surface area contributed by atoms with Crippen LogP contribution in [0.1, 0.15) is 56.1 Å². The van der Waals surface area contributed by atoms with Crippen molar-refractivity contribution in [2.75, 3.05) is 11.3 Å². The Bertz CT molecular complexity index is 1010. The highest BCUT2D eigenvalue weighted by atomic mass is 32.2. The van der Waals surface area contributed by atoms with Gasteiger partial charge in [0.2, 0.25) is 5.91 Å². The summed E-state index contributed by atoms with van der Waals surface area (Å²) in [5, 5.41) is 3.18. The predicted molar refractivity (Wildman–Crippen MR) is 119 cm³/mol. The van der Waals surface area contributed by atoms with Crippen molar-refractivity contribution >= 4 is 21.6 Å². The van der Waals surface area contributed by atoms with Crippen molar-refractivity contribution in [1.29, 1.82) is 0 Å². The molecule has 0 heterocycles. The summed E-state index contributed by atoms with van der Waals surface area (Å²) in [5.41, 5.74) is 1.91. The van der Waals surface area contributed by atoms with E-state index in [-0.39, 0.29) is 10.8 Å². The Morgan fingerprint density at radius 1 is 1.03 bits per heavy atom. The van der Waals surface area contributed by atoms with Gasteiger partial charge in [-0.1, -0.05) is 43.5 Å². The Balaban J connectivity index is 1.41. The number of aryl methyl sites for hydroxylation is 1. The third kappa shape index (κ3) is 4.53. The summed E-state index contributed by atoms with van der Waals surface area (Å²) < 4.78 is 27.9. The zero-order chi connectivity index (χ0) is 21.2. The lowest BCUT2D eigenvalue weighted by Crippen LogP contribution is -2.38. The van der Waals surface area contributed by atoms with Gasteiger partial charge in [-0.25, -0.2) is 8.42 Å². The standard InChI is InChI=1S/C24H30N2O3S/c1-18-6-5-9-22(16-18)30(28,29)26-21-12-10-20(11-13-21)24(14-15-24)23(27)25-17-19-7-3-2-4-8-19/h5-6,9-13,16,19,26H,2-4,7-8,14-15,17H2,1H3,(H,25,27). The molecular formula is C24H30N2O3S. The van der Waals surface area contributed by atoms with Gasteiger partial charge in [-0.2, -0.15) is 0 Å². The van der Waals surface area contributed by atoms with Crippen LogP contribution in [0.25, 0.3) is 0 Å². The Labute approximate surface area is 179 Å². The molecule has 2 fully saturated rings. The van der Waals surface area contributed by atoms with Crippen LogP contribution in [-0.4, -0.2) is 20.9 Å². The molecule has 0 unspecified atom stereocenters. The zero-order valence-electron chi connectivity index (χ0n) is 17.5. The molecule has 0 spiro atoms. The second kappa shape index (κ2) is 8.42. The molecule has 2 aromatic carbocycles. The highest BCUT2D eigenvalue weighted by Gasteiger charge is 2.51. The number of hydrogen-bond acceptors (Lipinski definition) is 3. The van der Waals surface area contributed by atoms with Crippen molar-refractivity contribution in [2.45, 2.75) is 62.2 Å². The highest BCUT2D eigenvalue weighted by molar-refractivity contribution is 7.92. The van der Waals surface area contributed by atoms with Gasteiger partial charge < -0.3 is 5.32 Å². The maximum absolute atomic E-state index is 12.9. The van der Waals surface area contributed by atoms with Gasteiger partial charge in [0.15, 0.2) is 0 Å². The maximum atomic E-state index is 12.9. The van der Waals surface area contributed by atoms with Gasteiger partial charge in [0, 0.05) is 12.2 Å². The van der Waals surface area contributed by atoms with Crippen LogP contribution in [0.3, 0.4) is 0 Å². The van der Waals surface area contributed by atoms with Gasteiger partial charge in [-0.15, -0.1) is 0 Å². The Morgan fingerprint density at radius 3 is 2.37 bits per heavy atom. The molecule has 1 amide bonds. The van der Waals surface area contributed by atoms with Gasteiger partial charge in [0.1, 0.15) is 0 Å². The molecule has 160 valence electrons. The van der Waals surface area contributed by atoms with Gasteiger partial charge in [0.25, 0.3) is 10.0 Å². The summed E-state index contributed by atoms with van der Waals surface area (Å²) in [6.07, 6.45) is 7.97. The quantitative estimate of drug-likeness (QED) is 0.683. The van der Waals surface area contributed by atoms with E-state index in [4.69, 9.17) is 0 Å². The van der Waals surface area contributed by atoms with Crippen LogP contribution < -0.4 is 10.0 Å². The van der Waals surface area contributed by atoms with Crippen LogP contribution in [0.15, 0.2) is 53.4 Å². The number of benzene rings is 2. The van der Waals surface area contributed by atoms with E-state index in [1.807, 2.05) is 25.1 Å². The van der Waals surface area contributed by atoms with Gasteiger partial charge in [0.05, 0.1) is 10.3 Å². The van der Waals surface area contributed by atoms with E-state index in [1.165, 1.54) is 32.1 Å². The molecule has 4 rings (SSSR count). The van der Waals surface area contributed by atoms with Crippen LogP contribution in [-0.2, 0) is 20.2 Å². The molecule has 0 aliphatic heterocycles. The molecular weight excluding hydrogens is 396 g/mol. The first-order chi connectivity index (χ1) is 14.4. The Hall–Kier alpha value is -2.34. The number of anilines is 1. The number of carbonyl (C=O) groups is 1. The molecule has 0 radical (unpaired) electrons. The van der Waals surface area contributed by atoms with E-state index >= 15 is 0 Å². The summed E-state index contributed by atoms with van der Waals surface area (Å²) in [4.78, 5) is 13.1. The minimum Gasteiger partial charge on any atom is -0.355 e. The van der Waals surface area contributed by atoms with Crippen molar-refractivity contribution in [3.63, 3.8) is 0 Å². The van der Waals surface area contributed by atoms with Gasteiger partial charge in [-0.3, -0.25) is 9.52 Å². The van der Waals surface area contributed by atoms with Crippen LogP contribution in [0, 0.1) is 12.8 Å². The lowest BCUT2D eigenvalue weighted by Gasteiger charge is -2.23. The number of carbonyl (C=O) groups excluding carboxylic acids is 1. The van der Waals surface area contributed by atoms with E-state index in [1.54, 1.807) is 30.3 Å². The normalized spacial score (nSPS) is 18.6. The van der Waals surface area contributed by atoms with E-state index in [0.29, 0.717) is 11.6 Å². The molecule has 5 nitrogen and oxygen atoms in total. The molecule has 2 saturated carbocycles. The molecule has 0 atom stereocenters. The summed E-state index contributed by atoms with van der Waals surface area (Å²) >= 11 is 0. The minimum atomic E-state index is -3.64. The predicted octanol–water partition coefficient (Wildman–Crippen LogP) is 4.52. The van der Waals surface area contributed by atoms with E-state index in [0.717, 1.165) is 30.5 Å². The highest BCUT2D eigenvalue weighted by Crippen LogP contribution is 2.48. The fourth-order valence-corrected chi connectivity index (χ4v) is 5.59. The summed E-state index contributed by atoms with van der Waals surface area (Å²) in [7, 11) is -3.64. The number of hydrogen-bond donors (Lipinski definition) is 2. The van der Waals surface area contributed by atoms with E-state index in [2.05, 4.69) is 10.0 Å². The lowest BCUT2D eigenvalue weighted by atomic mass is 9.88. The SMILES string of the molecule is Cc1cccc(S(=O)(=O)Nc2ccc(C3(C(=O)NCC4CCCCC4)CC3)cc2)c1. The average molecular weight is 427 g/mol. The zero-order valence-corrected chi connectivity index (χ0v) is 18.3. The number of nitrogens with one attached hydrogen (secondary N) is 2. The maximum Gasteiger partial charge on any atom is 0.261 e. The van der Waals surface area contributed by atoms with Crippen LogP contribution in [0.2, 0.25) is 0 Å². The summed E-state index contributed by atoms with van der Waals surface area (Å²) in [5.74, 6) is 0.720. The Kier molecular flexibility index (Phi) is 5.87. The summed E-state index contributed by atoms with van der Waals surface area (Å²) in [6, 6.07) is 14.1. The van der Waals surface area contributed by atoms with Crippen LogP contribution in [0.5, 0.6) is 0 Å². The fourth-order valence-electron chi connectivity index (χ4n) is 4.42. The van der Waals surface area contributed by atoms with Crippen molar-refractivity contribution in [1.82, 2.24) is 5.32 Å². The molecule has 30 heavy (non-hydrogen) atoms. The van der Waals surface area contributed by atoms with Gasteiger partial charge in [-0.05, 0) is 73.9 Å². The number of rotatable bonds is 7. The molecule has 2 aliphatic rings. The smallest absolute Gasteiger partial charge is 0.261 e. The molecule has 0 aromatic heterocycles. The van der Waals surface area contributed by atoms with Crippen molar-refractivity contribution in [2.24, 2.45) is 5.92 Å². The average Bonchev–Trinajstić information content (AvgIpc) is 3.55. The van der Waals surface area contributed by atoms with E-state index in [9.17, 15) is 13.2 Å². The van der Waals surface area contributed by atoms with Crippen molar-refractivity contribution in [3.8, 4) is 0 Å². The van der Waals surface area contributed by atoms with E-state index < -0.39 is 15.4 Å². The first-order valence-electron chi connectivity index (χ1n) is 10.9. The van der Waals surface area contributed by atoms with Crippen molar-refractivity contribution in [3.05, 3.63) is 59.7 Å². The first-order valence-corrected chi connectivity index (χ1v) is 12.4. The molecule has 2 N–H and O–H groups in total. The lowest BCUT2D eigenvalue weighted by molar-refractivity contribution is -0.123. The largest absolute Gasteiger partial charge is 0.355 e. The third-order valence-corrected chi connectivity index (χ3v) is 7.83. The second-order valence-electron chi connectivity index (χ2n) is 8.80. The number of amides is 1. The van der Waals surface area contributed by atoms with Gasteiger partial charge >= 0.3 is 0 Å². The fraction of sp³-hybridized carbons (Fsp3) is 0.458. The first kappa shape index (κ1) is 20.9. The monoisotopic (exact) mass is 426 g/mol.